The fourth-order valence-electron chi connectivity index (χ4n) is 1.12. The van der Waals surface area contributed by atoms with Gasteiger partial charge in [0.1, 0.15) is 11.2 Å². The standard InChI is InChI=1S/C9H11BrN4O/c1-6(11)5-15-9-3-2-8-12-4-7(10)14(8)13-9/h2-4,6H,5,11H2,1H3/t6-/m0/s1. The van der Waals surface area contributed by atoms with Crippen molar-refractivity contribution >= 4 is 21.6 Å². The molecule has 2 aromatic heterocycles. The molecule has 0 aliphatic rings. The smallest absolute Gasteiger partial charge is 0.231 e. The highest BCUT2D eigenvalue weighted by Crippen LogP contribution is 2.14. The summed E-state index contributed by atoms with van der Waals surface area (Å²) in [5, 5.41) is 4.24. The maximum absolute atomic E-state index is 5.58. The van der Waals surface area contributed by atoms with Crippen molar-refractivity contribution in [2.75, 3.05) is 6.61 Å². The zero-order valence-electron chi connectivity index (χ0n) is 8.22. The molecule has 0 bridgehead atoms. The molecule has 0 aliphatic heterocycles. The van der Waals surface area contributed by atoms with Crippen molar-refractivity contribution in [2.24, 2.45) is 5.73 Å². The molecule has 6 heteroatoms. The summed E-state index contributed by atoms with van der Waals surface area (Å²) >= 11 is 3.34. The summed E-state index contributed by atoms with van der Waals surface area (Å²) in [6, 6.07) is 3.61. The molecule has 0 fully saturated rings. The predicted molar refractivity (Wildman–Crippen MR) is 59.8 cm³/mol. The van der Waals surface area contributed by atoms with E-state index >= 15 is 0 Å². The molecule has 2 N–H and O–H groups in total. The molecule has 0 amide bonds. The number of hydrogen-bond acceptors (Lipinski definition) is 4. The Labute approximate surface area is 95.4 Å². The Hall–Kier alpha value is -1.14. The van der Waals surface area contributed by atoms with Gasteiger partial charge in [-0.25, -0.2) is 9.50 Å². The molecule has 0 saturated carbocycles. The molecular weight excluding hydrogens is 260 g/mol. The van der Waals surface area contributed by atoms with Gasteiger partial charge in [-0.15, -0.1) is 5.10 Å². The van der Waals surface area contributed by atoms with Crippen LogP contribution in [-0.4, -0.2) is 27.2 Å². The van der Waals surface area contributed by atoms with Crippen molar-refractivity contribution in [3.63, 3.8) is 0 Å². The summed E-state index contributed by atoms with van der Waals surface area (Å²) in [6.45, 7) is 2.33. The van der Waals surface area contributed by atoms with Gasteiger partial charge >= 0.3 is 0 Å². The summed E-state index contributed by atoms with van der Waals surface area (Å²) in [6.07, 6.45) is 1.69. The van der Waals surface area contributed by atoms with Crippen molar-refractivity contribution < 1.29 is 4.74 Å². The third kappa shape index (κ3) is 2.27. The van der Waals surface area contributed by atoms with Crippen LogP contribution in [0.25, 0.3) is 5.65 Å². The molecule has 0 radical (unpaired) electrons. The number of nitrogens with two attached hydrogens (primary N) is 1. The summed E-state index contributed by atoms with van der Waals surface area (Å²) in [7, 11) is 0. The van der Waals surface area contributed by atoms with Crippen LogP contribution in [0.5, 0.6) is 5.88 Å². The van der Waals surface area contributed by atoms with Crippen LogP contribution < -0.4 is 10.5 Å². The zero-order valence-corrected chi connectivity index (χ0v) is 9.81. The second-order valence-corrected chi connectivity index (χ2v) is 4.12. The average Bonchev–Trinajstić information content (AvgIpc) is 2.57. The molecule has 80 valence electrons. The van der Waals surface area contributed by atoms with Crippen LogP contribution in [-0.2, 0) is 0 Å². The Morgan fingerprint density at radius 1 is 1.60 bits per heavy atom. The van der Waals surface area contributed by atoms with E-state index in [1.807, 2.05) is 13.0 Å². The minimum Gasteiger partial charge on any atom is -0.475 e. The predicted octanol–water partition coefficient (Wildman–Crippen LogP) is 1.22. The molecule has 0 unspecified atom stereocenters. The van der Waals surface area contributed by atoms with Crippen LogP contribution in [0.4, 0.5) is 0 Å². The van der Waals surface area contributed by atoms with Crippen LogP contribution in [0.2, 0.25) is 0 Å². The van der Waals surface area contributed by atoms with Crippen molar-refractivity contribution in [3.8, 4) is 5.88 Å². The van der Waals surface area contributed by atoms with Crippen LogP contribution in [0, 0.1) is 0 Å². The molecule has 1 atom stereocenters. The molecular formula is C9H11BrN4O. The molecule has 2 heterocycles. The van der Waals surface area contributed by atoms with Crippen LogP contribution in [0.3, 0.4) is 0 Å². The number of ether oxygens (including phenoxy) is 1. The van der Waals surface area contributed by atoms with E-state index < -0.39 is 0 Å². The van der Waals surface area contributed by atoms with Crippen molar-refractivity contribution in [1.29, 1.82) is 0 Å². The lowest BCUT2D eigenvalue weighted by molar-refractivity contribution is 0.281. The maximum Gasteiger partial charge on any atom is 0.231 e. The van der Waals surface area contributed by atoms with Crippen molar-refractivity contribution in [2.45, 2.75) is 13.0 Å². The number of imidazole rings is 1. The Bertz CT molecular complexity index is 468. The summed E-state index contributed by atoms with van der Waals surface area (Å²) in [4.78, 5) is 4.13. The van der Waals surface area contributed by atoms with Crippen LogP contribution in [0.1, 0.15) is 6.92 Å². The van der Waals surface area contributed by atoms with E-state index in [0.717, 1.165) is 10.3 Å². The van der Waals surface area contributed by atoms with Gasteiger partial charge in [-0.3, -0.25) is 0 Å². The highest BCUT2D eigenvalue weighted by atomic mass is 79.9. The lowest BCUT2D eigenvalue weighted by Gasteiger charge is -2.07. The van der Waals surface area contributed by atoms with E-state index in [1.165, 1.54) is 0 Å². The van der Waals surface area contributed by atoms with Crippen molar-refractivity contribution in [3.05, 3.63) is 22.9 Å². The first kappa shape index (κ1) is 10.4. The van der Waals surface area contributed by atoms with E-state index in [9.17, 15) is 0 Å². The van der Waals surface area contributed by atoms with Gasteiger partial charge in [-0.2, -0.15) is 0 Å². The van der Waals surface area contributed by atoms with Gasteiger partial charge in [0.15, 0.2) is 5.65 Å². The first-order valence-corrected chi connectivity index (χ1v) is 5.35. The first-order valence-electron chi connectivity index (χ1n) is 4.55. The molecule has 0 aromatic carbocycles. The highest BCUT2D eigenvalue weighted by Gasteiger charge is 2.04. The Balaban J connectivity index is 2.25. The summed E-state index contributed by atoms with van der Waals surface area (Å²) < 4.78 is 7.85. The van der Waals surface area contributed by atoms with Gasteiger partial charge in [0, 0.05) is 12.1 Å². The fourth-order valence-corrected chi connectivity index (χ4v) is 1.49. The maximum atomic E-state index is 5.58. The molecule has 2 aromatic rings. The number of aromatic nitrogens is 3. The number of rotatable bonds is 3. The number of halogens is 1. The number of nitrogens with zero attached hydrogens (tertiary/aromatic N) is 3. The molecule has 0 aliphatic carbocycles. The summed E-state index contributed by atoms with van der Waals surface area (Å²) in [5.74, 6) is 0.540. The SMILES string of the molecule is C[C@H](N)COc1ccc2ncc(Br)n2n1. The molecule has 2 rings (SSSR count). The van der Waals surface area contributed by atoms with Crippen LogP contribution in [0.15, 0.2) is 22.9 Å². The second-order valence-electron chi connectivity index (χ2n) is 3.31. The number of hydrogen-bond donors (Lipinski definition) is 1. The summed E-state index contributed by atoms with van der Waals surface area (Å²) in [5.41, 5.74) is 6.35. The van der Waals surface area contributed by atoms with Gasteiger partial charge in [-0.1, -0.05) is 0 Å². The van der Waals surface area contributed by atoms with Gasteiger partial charge in [0.05, 0.1) is 6.20 Å². The largest absolute Gasteiger partial charge is 0.475 e. The molecule has 0 saturated heterocycles. The Morgan fingerprint density at radius 3 is 3.13 bits per heavy atom. The van der Waals surface area contributed by atoms with Gasteiger partial charge < -0.3 is 10.5 Å². The minimum absolute atomic E-state index is 0.00581. The second kappa shape index (κ2) is 4.16. The Morgan fingerprint density at radius 2 is 2.40 bits per heavy atom. The van der Waals surface area contributed by atoms with E-state index in [0.29, 0.717) is 12.5 Å². The third-order valence-electron chi connectivity index (χ3n) is 1.79. The van der Waals surface area contributed by atoms with E-state index in [4.69, 9.17) is 10.5 Å². The van der Waals surface area contributed by atoms with Crippen LogP contribution >= 0.6 is 15.9 Å². The topological polar surface area (TPSA) is 65.4 Å². The quantitative estimate of drug-likeness (QED) is 0.911. The average molecular weight is 271 g/mol. The molecule has 5 nitrogen and oxygen atoms in total. The minimum atomic E-state index is -0.00581. The van der Waals surface area contributed by atoms with Gasteiger partial charge in [0.25, 0.3) is 0 Å². The monoisotopic (exact) mass is 270 g/mol. The molecule has 15 heavy (non-hydrogen) atoms. The normalized spacial score (nSPS) is 13.0. The fraction of sp³-hybridized carbons (Fsp3) is 0.333. The molecule has 0 spiro atoms. The van der Waals surface area contributed by atoms with E-state index in [1.54, 1.807) is 16.8 Å². The zero-order chi connectivity index (χ0) is 10.8. The third-order valence-corrected chi connectivity index (χ3v) is 2.33. The Kier molecular flexibility index (Phi) is 2.88. The highest BCUT2D eigenvalue weighted by molar-refractivity contribution is 9.10. The first-order chi connectivity index (χ1) is 7.16. The van der Waals surface area contributed by atoms with Gasteiger partial charge in [-0.05, 0) is 28.9 Å². The lowest BCUT2D eigenvalue weighted by atomic mass is 10.4. The van der Waals surface area contributed by atoms with Gasteiger partial charge in [0.2, 0.25) is 5.88 Å². The van der Waals surface area contributed by atoms with E-state index in [-0.39, 0.29) is 6.04 Å². The van der Waals surface area contributed by atoms with E-state index in [2.05, 4.69) is 26.0 Å². The lowest BCUT2D eigenvalue weighted by Crippen LogP contribution is -2.24. The van der Waals surface area contributed by atoms with Crippen molar-refractivity contribution in [1.82, 2.24) is 14.6 Å². The number of fused-ring (bicyclic) bond motifs is 1.